The van der Waals surface area contributed by atoms with E-state index < -0.39 is 0 Å². The Hall–Kier alpha value is -2.16. The van der Waals surface area contributed by atoms with E-state index in [1.54, 1.807) is 6.20 Å². The summed E-state index contributed by atoms with van der Waals surface area (Å²) in [7, 11) is 0. The second kappa shape index (κ2) is 5.24. The molecule has 3 nitrogen and oxygen atoms in total. The van der Waals surface area contributed by atoms with Gasteiger partial charge in [0.25, 0.3) is 5.91 Å². The molecule has 2 heterocycles. The summed E-state index contributed by atoms with van der Waals surface area (Å²) in [5.41, 5.74) is 3.87. The molecular formula is C19H22N2O. The minimum atomic E-state index is -0.0647. The zero-order chi connectivity index (χ0) is 15.9. The normalized spacial score (nSPS) is 17.5. The summed E-state index contributed by atoms with van der Waals surface area (Å²) in [6.45, 7) is 8.43. The second-order valence-electron chi connectivity index (χ2n) is 7.04. The summed E-state index contributed by atoms with van der Waals surface area (Å²) in [6, 6.07) is 12.1. The van der Waals surface area contributed by atoms with E-state index in [0.717, 1.165) is 17.8 Å². The van der Waals surface area contributed by atoms with E-state index in [1.165, 1.54) is 5.56 Å². The number of rotatable bonds is 1. The van der Waals surface area contributed by atoms with Gasteiger partial charge in [-0.3, -0.25) is 9.78 Å². The summed E-state index contributed by atoms with van der Waals surface area (Å²) in [5, 5.41) is 0. The lowest BCUT2D eigenvalue weighted by atomic mass is 9.91. The Morgan fingerprint density at radius 3 is 2.68 bits per heavy atom. The Bertz CT molecular complexity index is 715. The molecule has 1 atom stereocenters. The zero-order valence-electron chi connectivity index (χ0n) is 13.6. The average Bonchev–Trinajstić information content (AvgIpc) is 2.81. The van der Waals surface area contributed by atoms with E-state index in [1.807, 2.05) is 35.2 Å². The van der Waals surface area contributed by atoms with Gasteiger partial charge in [-0.05, 0) is 37.1 Å². The van der Waals surface area contributed by atoms with E-state index in [2.05, 4.69) is 38.7 Å². The van der Waals surface area contributed by atoms with Crippen LogP contribution >= 0.6 is 0 Å². The maximum absolute atomic E-state index is 13.0. The molecule has 0 saturated carbocycles. The van der Waals surface area contributed by atoms with Crippen molar-refractivity contribution in [2.45, 2.75) is 45.6 Å². The van der Waals surface area contributed by atoms with Crippen molar-refractivity contribution < 1.29 is 4.79 Å². The number of carbonyl (C=O) groups excluding carboxylic acids is 1. The fourth-order valence-electron chi connectivity index (χ4n) is 2.99. The van der Waals surface area contributed by atoms with Crippen molar-refractivity contribution in [3.8, 4) is 0 Å². The summed E-state index contributed by atoms with van der Waals surface area (Å²) in [4.78, 5) is 19.3. The summed E-state index contributed by atoms with van der Waals surface area (Å²) in [5.74, 6) is 0.0605. The first-order chi connectivity index (χ1) is 10.4. The standard InChI is InChI=1S/C19H22N2O/c1-13-11-14-7-5-6-8-16(14)21(13)18(22)15-9-10-20-17(12-15)19(2,3)4/h5-10,12-13H,11H2,1-4H3/t13-/m0/s1. The van der Waals surface area contributed by atoms with E-state index in [4.69, 9.17) is 0 Å². The molecule has 0 fully saturated rings. The molecule has 0 spiro atoms. The van der Waals surface area contributed by atoms with Gasteiger partial charge in [-0.25, -0.2) is 0 Å². The van der Waals surface area contributed by atoms with Crippen LogP contribution in [0.2, 0.25) is 0 Å². The number of benzene rings is 1. The lowest BCUT2D eigenvalue weighted by Gasteiger charge is -2.24. The Labute approximate surface area is 132 Å². The third-order valence-corrected chi connectivity index (χ3v) is 4.20. The van der Waals surface area contributed by atoms with Crippen molar-refractivity contribution in [3.05, 3.63) is 59.4 Å². The fraction of sp³-hybridized carbons (Fsp3) is 0.368. The minimum absolute atomic E-state index is 0.0605. The maximum Gasteiger partial charge on any atom is 0.258 e. The van der Waals surface area contributed by atoms with Gasteiger partial charge >= 0.3 is 0 Å². The van der Waals surface area contributed by atoms with Crippen molar-refractivity contribution in [1.29, 1.82) is 0 Å². The predicted octanol–water partition coefficient (Wildman–Crippen LogP) is 3.97. The van der Waals surface area contributed by atoms with Crippen LogP contribution in [0.15, 0.2) is 42.6 Å². The van der Waals surface area contributed by atoms with Crippen LogP contribution in [0.3, 0.4) is 0 Å². The smallest absolute Gasteiger partial charge is 0.258 e. The molecule has 3 rings (SSSR count). The number of para-hydroxylation sites is 1. The topological polar surface area (TPSA) is 33.2 Å². The first kappa shape index (κ1) is 14.8. The Morgan fingerprint density at radius 2 is 1.95 bits per heavy atom. The number of hydrogen-bond acceptors (Lipinski definition) is 2. The molecule has 0 unspecified atom stereocenters. The molecule has 2 aromatic rings. The molecule has 0 aliphatic carbocycles. The van der Waals surface area contributed by atoms with Crippen molar-refractivity contribution in [2.24, 2.45) is 0 Å². The summed E-state index contributed by atoms with van der Waals surface area (Å²) >= 11 is 0. The first-order valence-corrected chi connectivity index (χ1v) is 7.76. The molecule has 1 aromatic carbocycles. The number of pyridine rings is 1. The lowest BCUT2D eigenvalue weighted by Crippen LogP contribution is -2.36. The van der Waals surface area contributed by atoms with Gasteiger partial charge < -0.3 is 4.90 Å². The number of anilines is 1. The number of nitrogens with zero attached hydrogens (tertiary/aromatic N) is 2. The Morgan fingerprint density at radius 1 is 1.23 bits per heavy atom. The summed E-state index contributed by atoms with van der Waals surface area (Å²) in [6.07, 6.45) is 2.65. The third kappa shape index (κ3) is 2.52. The van der Waals surface area contributed by atoms with Gasteiger partial charge in [0, 0.05) is 34.6 Å². The first-order valence-electron chi connectivity index (χ1n) is 7.76. The van der Waals surface area contributed by atoms with Gasteiger partial charge in [-0.2, -0.15) is 0 Å². The van der Waals surface area contributed by atoms with Crippen LogP contribution < -0.4 is 4.90 Å². The minimum Gasteiger partial charge on any atom is -0.305 e. The molecule has 0 saturated heterocycles. The largest absolute Gasteiger partial charge is 0.305 e. The molecule has 1 aliphatic rings. The van der Waals surface area contributed by atoms with Crippen LogP contribution in [0.1, 0.15) is 49.3 Å². The molecule has 0 N–H and O–H groups in total. The lowest BCUT2D eigenvalue weighted by molar-refractivity contribution is 0.0981. The van der Waals surface area contributed by atoms with Crippen LogP contribution in [0, 0.1) is 0 Å². The van der Waals surface area contributed by atoms with Crippen molar-refractivity contribution >= 4 is 11.6 Å². The molecule has 3 heteroatoms. The third-order valence-electron chi connectivity index (χ3n) is 4.20. The number of hydrogen-bond donors (Lipinski definition) is 0. The van der Waals surface area contributed by atoms with E-state index in [9.17, 15) is 4.79 Å². The highest BCUT2D eigenvalue weighted by molar-refractivity contribution is 6.07. The number of fused-ring (bicyclic) bond motifs is 1. The van der Waals surface area contributed by atoms with Gasteiger partial charge in [0.2, 0.25) is 0 Å². The van der Waals surface area contributed by atoms with Gasteiger partial charge in [-0.1, -0.05) is 39.0 Å². The van der Waals surface area contributed by atoms with E-state index in [0.29, 0.717) is 5.56 Å². The van der Waals surface area contributed by atoms with Gasteiger partial charge in [0.1, 0.15) is 0 Å². The maximum atomic E-state index is 13.0. The highest BCUT2D eigenvalue weighted by Crippen LogP contribution is 2.33. The molecule has 0 bridgehead atoms. The monoisotopic (exact) mass is 294 g/mol. The van der Waals surface area contributed by atoms with Crippen molar-refractivity contribution in [2.75, 3.05) is 4.90 Å². The molecule has 114 valence electrons. The van der Waals surface area contributed by atoms with Crippen LogP contribution in [0.4, 0.5) is 5.69 Å². The quantitative estimate of drug-likeness (QED) is 0.797. The number of aromatic nitrogens is 1. The molecule has 22 heavy (non-hydrogen) atoms. The van der Waals surface area contributed by atoms with Crippen LogP contribution in [-0.2, 0) is 11.8 Å². The average molecular weight is 294 g/mol. The van der Waals surface area contributed by atoms with E-state index >= 15 is 0 Å². The van der Waals surface area contributed by atoms with Crippen molar-refractivity contribution in [1.82, 2.24) is 4.98 Å². The molecular weight excluding hydrogens is 272 g/mol. The molecule has 0 radical (unpaired) electrons. The van der Waals surface area contributed by atoms with E-state index in [-0.39, 0.29) is 17.4 Å². The molecule has 1 amide bonds. The van der Waals surface area contributed by atoms with Gasteiger partial charge in [0.15, 0.2) is 0 Å². The molecule has 1 aliphatic heterocycles. The number of carbonyl (C=O) groups is 1. The van der Waals surface area contributed by atoms with Crippen molar-refractivity contribution in [3.63, 3.8) is 0 Å². The SMILES string of the molecule is C[C@H]1Cc2ccccc2N1C(=O)c1ccnc(C(C)(C)C)c1. The fourth-order valence-corrected chi connectivity index (χ4v) is 2.99. The van der Waals surface area contributed by atoms with Gasteiger partial charge in [0.05, 0.1) is 0 Å². The highest BCUT2D eigenvalue weighted by atomic mass is 16.2. The second-order valence-corrected chi connectivity index (χ2v) is 7.04. The molecule has 1 aromatic heterocycles. The highest BCUT2D eigenvalue weighted by Gasteiger charge is 2.31. The Balaban J connectivity index is 1.98. The zero-order valence-corrected chi connectivity index (χ0v) is 13.6. The van der Waals surface area contributed by atoms with Crippen LogP contribution in [0.25, 0.3) is 0 Å². The van der Waals surface area contributed by atoms with Crippen LogP contribution in [-0.4, -0.2) is 16.9 Å². The summed E-state index contributed by atoms with van der Waals surface area (Å²) < 4.78 is 0. The van der Waals surface area contributed by atoms with Crippen LogP contribution in [0.5, 0.6) is 0 Å². The predicted molar refractivity (Wildman–Crippen MR) is 89.4 cm³/mol. The number of amides is 1. The van der Waals surface area contributed by atoms with Gasteiger partial charge in [-0.15, -0.1) is 0 Å². The Kier molecular flexibility index (Phi) is 3.51.